The number of nitrogens with two attached hydrogens (primary N) is 1. The average molecular weight is 260 g/mol. The summed E-state index contributed by atoms with van der Waals surface area (Å²) in [7, 11) is 0. The predicted molar refractivity (Wildman–Crippen MR) is 79.3 cm³/mol. The summed E-state index contributed by atoms with van der Waals surface area (Å²) < 4.78 is 0. The zero-order chi connectivity index (χ0) is 14.2. The first-order chi connectivity index (χ1) is 8.86. The maximum Gasteiger partial charge on any atom is 0.227 e. The van der Waals surface area contributed by atoms with Gasteiger partial charge in [-0.25, -0.2) is 0 Å². The second-order valence-electron chi connectivity index (χ2n) is 6.47. The third kappa shape index (κ3) is 2.52. The van der Waals surface area contributed by atoms with E-state index in [1.807, 2.05) is 23.1 Å². The van der Waals surface area contributed by atoms with E-state index in [1.54, 1.807) is 0 Å². The lowest BCUT2D eigenvalue weighted by Crippen LogP contribution is -2.36. The van der Waals surface area contributed by atoms with Crippen molar-refractivity contribution in [2.24, 2.45) is 11.7 Å². The fourth-order valence-corrected chi connectivity index (χ4v) is 2.88. The van der Waals surface area contributed by atoms with E-state index in [2.05, 4.69) is 33.8 Å². The number of carbonyl (C=O) groups excluding carboxylic acids is 1. The van der Waals surface area contributed by atoms with Crippen molar-refractivity contribution in [3.63, 3.8) is 0 Å². The van der Waals surface area contributed by atoms with E-state index in [9.17, 15) is 4.79 Å². The van der Waals surface area contributed by atoms with Crippen molar-refractivity contribution >= 4 is 11.6 Å². The van der Waals surface area contributed by atoms with Crippen molar-refractivity contribution in [2.75, 3.05) is 11.4 Å². The summed E-state index contributed by atoms with van der Waals surface area (Å²) in [4.78, 5) is 14.2. The molecular weight excluding hydrogens is 236 g/mol. The minimum atomic E-state index is 0.0252. The fraction of sp³-hybridized carbons (Fsp3) is 0.562. The summed E-state index contributed by atoms with van der Waals surface area (Å²) in [5, 5.41) is 0. The topological polar surface area (TPSA) is 46.3 Å². The summed E-state index contributed by atoms with van der Waals surface area (Å²) in [5.41, 5.74) is 8.06. The van der Waals surface area contributed by atoms with Gasteiger partial charge in [0.15, 0.2) is 0 Å². The molecule has 3 heteroatoms. The molecule has 0 saturated carbocycles. The minimum Gasteiger partial charge on any atom is -0.330 e. The molecule has 1 aromatic rings. The van der Waals surface area contributed by atoms with E-state index in [0.29, 0.717) is 13.0 Å². The zero-order valence-corrected chi connectivity index (χ0v) is 12.3. The second-order valence-corrected chi connectivity index (χ2v) is 6.47. The Kier molecular flexibility index (Phi) is 3.68. The molecule has 0 aromatic heterocycles. The van der Waals surface area contributed by atoms with Gasteiger partial charge in [0.05, 0.1) is 0 Å². The lowest BCUT2D eigenvalue weighted by atomic mass is 9.85. The van der Waals surface area contributed by atoms with E-state index < -0.39 is 0 Å². The molecule has 1 aliphatic heterocycles. The van der Waals surface area contributed by atoms with Crippen LogP contribution >= 0.6 is 0 Å². The van der Waals surface area contributed by atoms with Gasteiger partial charge in [-0.3, -0.25) is 4.79 Å². The molecule has 1 aromatic carbocycles. The van der Waals surface area contributed by atoms with Gasteiger partial charge in [0, 0.05) is 24.1 Å². The van der Waals surface area contributed by atoms with Crippen LogP contribution in [-0.4, -0.2) is 18.5 Å². The highest BCUT2D eigenvalue weighted by Crippen LogP contribution is 2.37. The number of para-hydroxylation sites is 1. The van der Waals surface area contributed by atoms with Gasteiger partial charge in [-0.2, -0.15) is 0 Å². The minimum absolute atomic E-state index is 0.0252. The first-order valence-electron chi connectivity index (χ1n) is 6.98. The first-order valence-corrected chi connectivity index (χ1v) is 6.98. The maximum absolute atomic E-state index is 12.3. The van der Waals surface area contributed by atoms with Gasteiger partial charge >= 0.3 is 0 Å². The molecular formula is C16H24N2O. The Labute approximate surface area is 115 Å². The zero-order valence-electron chi connectivity index (χ0n) is 12.3. The number of amides is 1. The molecule has 2 unspecified atom stereocenters. The summed E-state index contributed by atoms with van der Waals surface area (Å²) in [5.74, 6) is 0.458. The molecule has 1 aliphatic rings. The van der Waals surface area contributed by atoms with Crippen LogP contribution in [0.15, 0.2) is 24.3 Å². The lowest BCUT2D eigenvalue weighted by molar-refractivity contribution is -0.117. The molecule has 0 radical (unpaired) electrons. The Hall–Kier alpha value is -1.35. The first kappa shape index (κ1) is 14.1. The van der Waals surface area contributed by atoms with Gasteiger partial charge in [0.25, 0.3) is 0 Å². The normalized spacial score (nSPS) is 24.1. The predicted octanol–water partition coefficient (Wildman–Crippen LogP) is 2.68. The van der Waals surface area contributed by atoms with Crippen molar-refractivity contribution in [3.05, 3.63) is 29.8 Å². The summed E-state index contributed by atoms with van der Waals surface area (Å²) >= 11 is 0. The smallest absolute Gasteiger partial charge is 0.227 e. The molecule has 0 bridgehead atoms. The number of nitrogens with zero attached hydrogens (tertiary/aromatic N) is 1. The fourth-order valence-electron chi connectivity index (χ4n) is 2.88. The van der Waals surface area contributed by atoms with Gasteiger partial charge in [0.1, 0.15) is 0 Å². The molecule has 0 spiro atoms. The maximum atomic E-state index is 12.3. The third-order valence-electron chi connectivity index (χ3n) is 4.07. The Morgan fingerprint density at radius 3 is 2.47 bits per heavy atom. The van der Waals surface area contributed by atoms with Gasteiger partial charge < -0.3 is 10.6 Å². The van der Waals surface area contributed by atoms with E-state index in [0.717, 1.165) is 5.69 Å². The standard InChI is InChI=1S/C16H24N2O/c1-11-12(10-17)9-15(19)18(11)14-8-6-5-7-13(14)16(2,3)4/h5-8,11-12H,9-10,17H2,1-4H3. The van der Waals surface area contributed by atoms with Crippen molar-refractivity contribution < 1.29 is 4.79 Å². The molecule has 1 fully saturated rings. The van der Waals surface area contributed by atoms with Crippen LogP contribution in [0.4, 0.5) is 5.69 Å². The van der Waals surface area contributed by atoms with Gasteiger partial charge in [-0.05, 0) is 30.5 Å². The molecule has 2 rings (SSSR count). The molecule has 2 atom stereocenters. The largest absolute Gasteiger partial charge is 0.330 e. The second kappa shape index (κ2) is 4.97. The highest BCUT2D eigenvalue weighted by atomic mass is 16.2. The molecule has 2 N–H and O–H groups in total. The van der Waals surface area contributed by atoms with E-state index >= 15 is 0 Å². The summed E-state index contributed by atoms with van der Waals surface area (Å²) in [6, 6.07) is 8.38. The van der Waals surface area contributed by atoms with Gasteiger partial charge in [-0.1, -0.05) is 39.0 Å². The molecule has 1 amide bonds. The summed E-state index contributed by atoms with van der Waals surface area (Å²) in [6.45, 7) is 9.20. The number of carbonyl (C=O) groups is 1. The lowest BCUT2D eigenvalue weighted by Gasteiger charge is -2.31. The highest BCUT2D eigenvalue weighted by Gasteiger charge is 2.38. The van der Waals surface area contributed by atoms with E-state index in [4.69, 9.17) is 5.73 Å². The van der Waals surface area contributed by atoms with Gasteiger partial charge in [0.2, 0.25) is 5.91 Å². The number of hydrogen-bond donors (Lipinski definition) is 1. The Morgan fingerprint density at radius 2 is 1.95 bits per heavy atom. The number of anilines is 1. The quantitative estimate of drug-likeness (QED) is 0.888. The Balaban J connectivity index is 2.45. The van der Waals surface area contributed by atoms with Crippen LogP contribution < -0.4 is 10.6 Å². The number of hydrogen-bond acceptors (Lipinski definition) is 2. The number of rotatable bonds is 2. The Morgan fingerprint density at radius 1 is 1.32 bits per heavy atom. The number of benzene rings is 1. The highest BCUT2D eigenvalue weighted by molar-refractivity contribution is 5.97. The third-order valence-corrected chi connectivity index (χ3v) is 4.07. The van der Waals surface area contributed by atoms with Crippen LogP contribution in [0.2, 0.25) is 0 Å². The van der Waals surface area contributed by atoms with Gasteiger partial charge in [-0.15, -0.1) is 0 Å². The molecule has 104 valence electrons. The van der Waals surface area contributed by atoms with Crippen molar-refractivity contribution in [3.8, 4) is 0 Å². The van der Waals surface area contributed by atoms with Crippen LogP contribution in [0.1, 0.15) is 39.7 Å². The van der Waals surface area contributed by atoms with E-state index in [-0.39, 0.29) is 23.3 Å². The summed E-state index contributed by atoms with van der Waals surface area (Å²) in [6.07, 6.45) is 0.566. The van der Waals surface area contributed by atoms with E-state index in [1.165, 1.54) is 5.56 Å². The molecule has 3 nitrogen and oxygen atoms in total. The molecule has 19 heavy (non-hydrogen) atoms. The van der Waals surface area contributed by atoms with Crippen LogP contribution in [0.5, 0.6) is 0 Å². The van der Waals surface area contributed by atoms with Crippen molar-refractivity contribution in [1.82, 2.24) is 0 Å². The van der Waals surface area contributed by atoms with Crippen molar-refractivity contribution in [2.45, 2.75) is 45.6 Å². The average Bonchev–Trinajstić information content (AvgIpc) is 2.63. The molecule has 0 aliphatic carbocycles. The Bertz CT molecular complexity index is 476. The van der Waals surface area contributed by atoms with Crippen LogP contribution in [-0.2, 0) is 10.2 Å². The van der Waals surface area contributed by atoms with Crippen LogP contribution in [0, 0.1) is 5.92 Å². The SMILES string of the molecule is CC1C(CN)CC(=O)N1c1ccccc1C(C)(C)C. The van der Waals surface area contributed by atoms with Crippen LogP contribution in [0.3, 0.4) is 0 Å². The van der Waals surface area contributed by atoms with Crippen LogP contribution in [0.25, 0.3) is 0 Å². The van der Waals surface area contributed by atoms with Crippen molar-refractivity contribution in [1.29, 1.82) is 0 Å². The molecule has 1 heterocycles. The molecule has 1 saturated heterocycles. The monoisotopic (exact) mass is 260 g/mol.